The van der Waals surface area contributed by atoms with Gasteiger partial charge in [-0.25, -0.2) is 4.99 Å². The van der Waals surface area contributed by atoms with Gasteiger partial charge < -0.3 is 20.3 Å². The molecule has 2 aromatic carbocycles. The molecule has 0 radical (unpaired) electrons. The molecule has 0 saturated carbocycles. The van der Waals surface area contributed by atoms with Gasteiger partial charge in [0, 0.05) is 30.6 Å². The molecule has 3 rings (SSSR count). The van der Waals surface area contributed by atoms with Crippen LogP contribution in [0.3, 0.4) is 0 Å². The molecular weight excluding hydrogens is 420 g/mol. The van der Waals surface area contributed by atoms with Crippen LogP contribution in [0.5, 0.6) is 5.75 Å². The molecule has 7 heteroatoms. The second-order valence-corrected chi connectivity index (χ2v) is 7.72. The highest BCUT2D eigenvalue weighted by Gasteiger charge is 2.22. The quantitative estimate of drug-likeness (QED) is 0.549. The number of aliphatic imine (C=N–C) groups is 1. The van der Waals surface area contributed by atoms with Crippen LogP contribution in [-0.4, -0.2) is 44.0 Å². The van der Waals surface area contributed by atoms with Gasteiger partial charge >= 0.3 is 0 Å². The van der Waals surface area contributed by atoms with Crippen molar-refractivity contribution in [2.45, 2.75) is 19.0 Å². The Morgan fingerprint density at radius 1 is 1.21 bits per heavy atom. The second kappa shape index (κ2) is 9.59. The molecule has 1 heterocycles. The van der Waals surface area contributed by atoms with Crippen LogP contribution in [0.1, 0.15) is 23.6 Å². The highest BCUT2D eigenvalue weighted by Crippen LogP contribution is 2.31. The van der Waals surface area contributed by atoms with Gasteiger partial charge in [-0.15, -0.1) is 0 Å². The van der Waals surface area contributed by atoms with E-state index < -0.39 is 0 Å². The third-order valence-electron chi connectivity index (χ3n) is 4.51. The van der Waals surface area contributed by atoms with E-state index in [1.807, 2.05) is 42.5 Å². The first-order valence-corrected chi connectivity index (χ1v) is 10.0. The first-order chi connectivity index (χ1) is 13.5. The van der Waals surface area contributed by atoms with Crippen molar-refractivity contribution in [2.24, 2.45) is 4.99 Å². The van der Waals surface area contributed by atoms with Gasteiger partial charge in [0.1, 0.15) is 5.75 Å². The number of ether oxygens (including phenoxy) is 1. The largest absolute Gasteiger partial charge is 0.493 e. The van der Waals surface area contributed by atoms with Crippen LogP contribution in [-0.2, 0) is 11.3 Å². The predicted molar refractivity (Wildman–Crippen MR) is 114 cm³/mol. The third-order valence-corrected chi connectivity index (χ3v) is 5.04. The zero-order valence-corrected chi connectivity index (χ0v) is 17.7. The van der Waals surface area contributed by atoms with E-state index >= 15 is 0 Å². The molecule has 28 heavy (non-hydrogen) atoms. The molecule has 0 spiro atoms. The molecule has 1 amide bonds. The minimum absolute atomic E-state index is 0.00878. The number of amides is 1. The van der Waals surface area contributed by atoms with Crippen molar-refractivity contribution >= 4 is 27.8 Å². The van der Waals surface area contributed by atoms with Crippen molar-refractivity contribution in [2.75, 3.05) is 27.2 Å². The van der Waals surface area contributed by atoms with Crippen molar-refractivity contribution < 1.29 is 9.53 Å². The van der Waals surface area contributed by atoms with E-state index in [0.717, 1.165) is 27.8 Å². The molecule has 0 saturated heterocycles. The van der Waals surface area contributed by atoms with Crippen molar-refractivity contribution in [1.29, 1.82) is 0 Å². The SMILES string of the molecule is CN(C)C(=O)CNC(=NCc1ccc(Br)cc1)NC1CCOc2ccccc21. The van der Waals surface area contributed by atoms with Crippen LogP contribution >= 0.6 is 15.9 Å². The van der Waals surface area contributed by atoms with Gasteiger partial charge in [-0.1, -0.05) is 46.3 Å². The molecule has 6 nitrogen and oxygen atoms in total. The Labute approximate surface area is 174 Å². The number of para-hydroxylation sites is 1. The maximum atomic E-state index is 12.0. The summed E-state index contributed by atoms with van der Waals surface area (Å²) in [4.78, 5) is 18.3. The van der Waals surface area contributed by atoms with Gasteiger partial charge in [0.2, 0.25) is 5.91 Å². The van der Waals surface area contributed by atoms with E-state index in [9.17, 15) is 4.79 Å². The van der Waals surface area contributed by atoms with Crippen LogP contribution in [0, 0.1) is 0 Å². The normalized spacial score (nSPS) is 16.0. The number of likely N-dealkylation sites (N-methyl/N-ethyl adjacent to an activating group) is 1. The fourth-order valence-corrected chi connectivity index (χ4v) is 3.15. The smallest absolute Gasteiger partial charge is 0.241 e. The minimum Gasteiger partial charge on any atom is -0.493 e. The number of carbonyl (C=O) groups excluding carboxylic acids is 1. The number of hydrogen-bond acceptors (Lipinski definition) is 3. The molecule has 0 fully saturated rings. The highest BCUT2D eigenvalue weighted by atomic mass is 79.9. The number of rotatable bonds is 5. The Balaban J connectivity index is 1.75. The summed E-state index contributed by atoms with van der Waals surface area (Å²) in [5.74, 6) is 1.49. The molecule has 1 aliphatic rings. The summed E-state index contributed by atoms with van der Waals surface area (Å²) in [6.07, 6.45) is 0.831. The van der Waals surface area contributed by atoms with Crippen molar-refractivity contribution in [1.82, 2.24) is 15.5 Å². The van der Waals surface area contributed by atoms with Gasteiger partial charge in [-0.05, 0) is 23.8 Å². The lowest BCUT2D eigenvalue weighted by molar-refractivity contribution is -0.127. The highest BCUT2D eigenvalue weighted by molar-refractivity contribution is 9.10. The van der Waals surface area contributed by atoms with Gasteiger partial charge in [0.15, 0.2) is 5.96 Å². The van der Waals surface area contributed by atoms with E-state index in [2.05, 4.69) is 37.6 Å². The fraction of sp³-hybridized carbons (Fsp3) is 0.333. The van der Waals surface area contributed by atoms with E-state index in [4.69, 9.17) is 4.74 Å². The number of fused-ring (bicyclic) bond motifs is 1. The Hall–Kier alpha value is -2.54. The van der Waals surface area contributed by atoms with E-state index in [1.165, 1.54) is 0 Å². The Bertz CT molecular complexity index is 837. The third kappa shape index (κ3) is 5.48. The predicted octanol–water partition coefficient (Wildman–Crippen LogP) is 3.10. The van der Waals surface area contributed by atoms with Gasteiger partial charge in [-0.3, -0.25) is 4.79 Å². The first-order valence-electron chi connectivity index (χ1n) is 9.24. The lowest BCUT2D eigenvalue weighted by Gasteiger charge is -2.28. The molecule has 2 aromatic rings. The summed E-state index contributed by atoms with van der Waals surface area (Å²) in [6, 6.07) is 16.1. The maximum Gasteiger partial charge on any atom is 0.241 e. The summed E-state index contributed by atoms with van der Waals surface area (Å²) in [6.45, 7) is 1.35. The lowest BCUT2D eigenvalue weighted by Crippen LogP contribution is -2.45. The average molecular weight is 445 g/mol. The summed E-state index contributed by atoms with van der Waals surface area (Å²) in [5, 5.41) is 6.63. The summed E-state index contributed by atoms with van der Waals surface area (Å²) in [5.41, 5.74) is 2.20. The molecule has 2 N–H and O–H groups in total. The zero-order valence-electron chi connectivity index (χ0n) is 16.1. The van der Waals surface area contributed by atoms with Crippen LogP contribution in [0.2, 0.25) is 0 Å². The number of guanidine groups is 1. The van der Waals surface area contributed by atoms with Crippen molar-refractivity contribution in [3.05, 3.63) is 64.1 Å². The lowest BCUT2D eigenvalue weighted by atomic mass is 10.0. The Morgan fingerprint density at radius 2 is 1.96 bits per heavy atom. The number of benzene rings is 2. The van der Waals surface area contributed by atoms with E-state index in [-0.39, 0.29) is 18.5 Å². The number of carbonyl (C=O) groups is 1. The van der Waals surface area contributed by atoms with Gasteiger partial charge in [0.05, 0.1) is 25.7 Å². The molecule has 1 unspecified atom stereocenters. The molecule has 0 aromatic heterocycles. The zero-order chi connectivity index (χ0) is 19.9. The van der Waals surface area contributed by atoms with Crippen LogP contribution in [0.15, 0.2) is 58.0 Å². The van der Waals surface area contributed by atoms with Crippen LogP contribution in [0.4, 0.5) is 0 Å². The van der Waals surface area contributed by atoms with Crippen LogP contribution < -0.4 is 15.4 Å². The van der Waals surface area contributed by atoms with E-state index in [1.54, 1.807) is 19.0 Å². The molecule has 0 bridgehead atoms. The molecule has 0 aliphatic carbocycles. The Kier molecular flexibility index (Phi) is 6.92. The number of hydrogen-bond donors (Lipinski definition) is 2. The Morgan fingerprint density at radius 3 is 2.71 bits per heavy atom. The summed E-state index contributed by atoms with van der Waals surface area (Å²) < 4.78 is 6.77. The van der Waals surface area contributed by atoms with Gasteiger partial charge in [-0.2, -0.15) is 0 Å². The fourth-order valence-electron chi connectivity index (χ4n) is 2.89. The summed E-state index contributed by atoms with van der Waals surface area (Å²) in [7, 11) is 3.48. The maximum absolute atomic E-state index is 12.0. The number of nitrogens with zero attached hydrogens (tertiary/aromatic N) is 2. The minimum atomic E-state index is -0.00878. The second-order valence-electron chi connectivity index (χ2n) is 6.80. The van der Waals surface area contributed by atoms with Crippen molar-refractivity contribution in [3.8, 4) is 5.75 Å². The number of halogens is 1. The van der Waals surface area contributed by atoms with E-state index in [0.29, 0.717) is 19.1 Å². The number of nitrogens with one attached hydrogen (secondary N) is 2. The monoisotopic (exact) mass is 444 g/mol. The summed E-state index contributed by atoms with van der Waals surface area (Å²) >= 11 is 3.45. The average Bonchev–Trinajstić information content (AvgIpc) is 2.71. The molecule has 1 aliphatic heterocycles. The first kappa shape index (κ1) is 20.2. The van der Waals surface area contributed by atoms with Gasteiger partial charge in [0.25, 0.3) is 0 Å². The molecule has 1 atom stereocenters. The van der Waals surface area contributed by atoms with Crippen LogP contribution in [0.25, 0.3) is 0 Å². The standard InChI is InChI=1S/C21H25BrN4O2/c1-26(2)20(27)14-24-21(23-13-15-7-9-16(22)10-8-15)25-18-11-12-28-19-6-4-3-5-17(18)19/h3-10,18H,11-14H2,1-2H3,(H2,23,24,25). The topological polar surface area (TPSA) is 66.0 Å². The van der Waals surface area contributed by atoms with Crippen molar-refractivity contribution in [3.63, 3.8) is 0 Å². The molecule has 148 valence electrons. The molecular formula is C21H25BrN4O2.